The van der Waals surface area contributed by atoms with Crippen molar-refractivity contribution in [3.8, 4) is 0 Å². The Bertz CT molecular complexity index is 1150. The van der Waals surface area contributed by atoms with Gasteiger partial charge in [0.2, 0.25) is 5.91 Å². The van der Waals surface area contributed by atoms with Gasteiger partial charge in [0, 0.05) is 12.8 Å². The van der Waals surface area contributed by atoms with Crippen LogP contribution in [0.1, 0.15) is 309 Å². The molecule has 0 bridgehead atoms. The number of unbranched alkanes of at least 4 members (excludes halogenated alkanes) is 38. The number of esters is 1. The fourth-order valence-corrected chi connectivity index (χ4v) is 8.95. The minimum Gasteiger partial charge on any atom is -0.466 e. The number of nitrogens with one attached hydrogen (secondary N) is 1. The molecule has 0 saturated heterocycles. The lowest BCUT2D eigenvalue weighted by molar-refractivity contribution is -0.143. The predicted molar refractivity (Wildman–Crippen MR) is 296 cm³/mol. The van der Waals surface area contributed by atoms with E-state index in [1.165, 1.54) is 225 Å². The normalized spacial score (nSPS) is 12.9. The second-order valence-electron chi connectivity index (χ2n) is 20.3. The molecule has 0 saturated carbocycles. The Morgan fingerprint density at radius 1 is 0.412 bits per heavy atom. The van der Waals surface area contributed by atoms with E-state index in [9.17, 15) is 19.8 Å². The molecule has 0 aromatic heterocycles. The van der Waals surface area contributed by atoms with Crippen LogP contribution in [0, 0.1) is 0 Å². The summed E-state index contributed by atoms with van der Waals surface area (Å²) >= 11 is 0. The Hall–Kier alpha value is -2.18. The SMILES string of the molecule is CCCCCC/C=C\C/C=C\CCCCCCCCCC(=O)OCCCCCCCCCCCCCC/C=C\CCCCCCCCCC(=O)NC(CO)C(O)/C=C/CCCCCCCCCC. The molecule has 1 amide bonds. The third-order valence-corrected chi connectivity index (χ3v) is 13.6. The van der Waals surface area contributed by atoms with E-state index < -0.39 is 12.1 Å². The number of carbonyl (C=O) groups excluding carboxylic acids is 2. The van der Waals surface area contributed by atoms with Crippen LogP contribution in [0.5, 0.6) is 0 Å². The molecular weight excluding hydrogens is 839 g/mol. The zero-order chi connectivity index (χ0) is 49.3. The molecule has 0 spiro atoms. The van der Waals surface area contributed by atoms with Gasteiger partial charge in [-0.3, -0.25) is 9.59 Å². The molecule has 0 heterocycles. The maximum atomic E-state index is 12.4. The number of ether oxygens (including phenoxy) is 1. The highest BCUT2D eigenvalue weighted by molar-refractivity contribution is 5.76. The first kappa shape index (κ1) is 65.8. The van der Waals surface area contributed by atoms with Gasteiger partial charge in [-0.05, 0) is 89.9 Å². The van der Waals surface area contributed by atoms with E-state index in [-0.39, 0.29) is 18.5 Å². The number of amides is 1. The van der Waals surface area contributed by atoms with Crippen molar-refractivity contribution in [3.63, 3.8) is 0 Å². The van der Waals surface area contributed by atoms with Crippen molar-refractivity contribution in [1.82, 2.24) is 5.32 Å². The summed E-state index contributed by atoms with van der Waals surface area (Å²) in [6, 6.07) is -0.631. The molecular formula is C62H115NO5. The van der Waals surface area contributed by atoms with Gasteiger partial charge >= 0.3 is 5.97 Å². The fraction of sp³-hybridized carbons (Fsp3) is 0.839. The van der Waals surface area contributed by atoms with Crippen molar-refractivity contribution < 1.29 is 24.5 Å². The quantitative estimate of drug-likeness (QED) is 0.0321. The first-order chi connectivity index (χ1) is 33.5. The van der Waals surface area contributed by atoms with Crippen molar-refractivity contribution in [2.75, 3.05) is 13.2 Å². The smallest absolute Gasteiger partial charge is 0.305 e. The number of carbonyl (C=O) groups is 2. The molecule has 0 aromatic rings. The first-order valence-corrected chi connectivity index (χ1v) is 29.9. The second kappa shape index (κ2) is 57.4. The summed E-state index contributed by atoms with van der Waals surface area (Å²) in [6.07, 6.45) is 72.9. The number of aliphatic hydroxyl groups excluding tert-OH is 2. The molecule has 0 aromatic carbocycles. The van der Waals surface area contributed by atoms with Gasteiger partial charge in [0.15, 0.2) is 0 Å². The lowest BCUT2D eigenvalue weighted by Crippen LogP contribution is -2.45. The molecule has 0 aliphatic rings. The van der Waals surface area contributed by atoms with Gasteiger partial charge in [-0.15, -0.1) is 0 Å². The molecule has 0 rings (SSSR count). The number of rotatable bonds is 55. The second-order valence-corrected chi connectivity index (χ2v) is 20.3. The van der Waals surface area contributed by atoms with Crippen molar-refractivity contribution in [1.29, 1.82) is 0 Å². The third-order valence-electron chi connectivity index (χ3n) is 13.6. The van der Waals surface area contributed by atoms with Crippen LogP contribution in [-0.2, 0) is 14.3 Å². The van der Waals surface area contributed by atoms with E-state index in [2.05, 4.69) is 55.6 Å². The van der Waals surface area contributed by atoms with Crippen LogP contribution >= 0.6 is 0 Å². The summed E-state index contributed by atoms with van der Waals surface area (Å²) in [7, 11) is 0. The molecule has 398 valence electrons. The Labute approximate surface area is 423 Å². The highest BCUT2D eigenvalue weighted by Crippen LogP contribution is 2.16. The van der Waals surface area contributed by atoms with Gasteiger partial charge in [-0.1, -0.05) is 255 Å². The average molecular weight is 955 g/mol. The third kappa shape index (κ3) is 53.2. The van der Waals surface area contributed by atoms with Crippen molar-refractivity contribution >= 4 is 11.9 Å². The molecule has 3 N–H and O–H groups in total. The van der Waals surface area contributed by atoms with Crippen molar-refractivity contribution in [3.05, 3.63) is 48.6 Å². The zero-order valence-electron chi connectivity index (χ0n) is 45.3. The Balaban J connectivity index is 3.40. The van der Waals surface area contributed by atoms with Gasteiger partial charge in [-0.25, -0.2) is 0 Å². The van der Waals surface area contributed by atoms with Crippen LogP contribution in [0.2, 0.25) is 0 Å². The molecule has 2 atom stereocenters. The number of allylic oxidation sites excluding steroid dienone is 7. The average Bonchev–Trinajstić information content (AvgIpc) is 3.34. The topological polar surface area (TPSA) is 95.9 Å². The van der Waals surface area contributed by atoms with Crippen LogP contribution in [0.4, 0.5) is 0 Å². The van der Waals surface area contributed by atoms with E-state index >= 15 is 0 Å². The summed E-state index contributed by atoms with van der Waals surface area (Å²) < 4.78 is 5.49. The summed E-state index contributed by atoms with van der Waals surface area (Å²) in [6.45, 7) is 4.86. The van der Waals surface area contributed by atoms with E-state index in [1.807, 2.05) is 6.08 Å². The van der Waals surface area contributed by atoms with E-state index in [0.29, 0.717) is 19.4 Å². The standard InChI is InChI=1S/C62H115NO5/c1-3-5-7-9-11-13-15-16-17-18-27-30-33-36-40-44-48-52-56-62(67)68-57-53-49-45-41-37-34-31-28-25-23-21-19-20-22-24-26-29-32-35-39-43-47-51-55-61(66)63-59(58-64)60(65)54-50-46-42-38-14-12-10-8-6-4-2/h13,15,17-18,22,24,50,54,59-60,64-65H,3-12,14,16,19-21,23,25-49,51-53,55-58H2,1-2H3,(H,63,66)/b15-13-,18-17-,24-22-,54-50+. The minimum atomic E-state index is -0.847. The van der Waals surface area contributed by atoms with Crippen LogP contribution in [-0.4, -0.2) is 47.4 Å². The molecule has 6 heteroatoms. The van der Waals surface area contributed by atoms with Crippen LogP contribution in [0.25, 0.3) is 0 Å². The van der Waals surface area contributed by atoms with Crippen LogP contribution in [0.3, 0.4) is 0 Å². The minimum absolute atomic E-state index is 0.00305. The maximum Gasteiger partial charge on any atom is 0.305 e. The molecule has 68 heavy (non-hydrogen) atoms. The summed E-state index contributed by atoms with van der Waals surface area (Å²) in [4.78, 5) is 24.5. The van der Waals surface area contributed by atoms with Gasteiger partial charge in [0.1, 0.15) is 0 Å². The summed E-state index contributed by atoms with van der Waals surface area (Å²) in [5, 5.41) is 23.0. The molecule has 2 unspecified atom stereocenters. The van der Waals surface area contributed by atoms with Gasteiger partial charge < -0.3 is 20.3 Å². The first-order valence-electron chi connectivity index (χ1n) is 29.9. The summed E-state index contributed by atoms with van der Waals surface area (Å²) in [5.74, 6) is -0.0737. The number of aliphatic hydroxyl groups is 2. The van der Waals surface area contributed by atoms with E-state index in [0.717, 1.165) is 57.8 Å². The number of hydrogen-bond donors (Lipinski definition) is 3. The highest BCUT2D eigenvalue weighted by atomic mass is 16.5. The van der Waals surface area contributed by atoms with Gasteiger partial charge in [0.25, 0.3) is 0 Å². The van der Waals surface area contributed by atoms with E-state index in [4.69, 9.17) is 4.74 Å². The predicted octanol–water partition coefficient (Wildman–Crippen LogP) is 18.6. The van der Waals surface area contributed by atoms with Gasteiger partial charge in [0.05, 0.1) is 25.4 Å². The Morgan fingerprint density at radius 2 is 0.735 bits per heavy atom. The molecule has 0 fully saturated rings. The largest absolute Gasteiger partial charge is 0.466 e. The lowest BCUT2D eigenvalue weighted by Gasteiger charge is -2.20. The fourth-order valence-electron chi connectivity index (χ4n) is 8.95. The van der Waals surface area contributed by atoms with E-state index in [1.54, 1.807) is 6.08 Å². The number of hydrogen-bond acceptors (Lipinski definition) is 5. The lowest BCUT2D eigenvalue weighted by atomic mass is 10.0. The van der Waals surface area contributed by atoms with Gasteiger partial charge in [-0.2, -0.15) is 0 Å². The highest BCUT2D eigenvalue weighted by Gasteiger charge is 2.18. The van der Waals surface area contributed by atoms with Crippen molar-refractivity contribution in [2.45, 2.75) is 321 Å². The maximum absolute atomic E-state index is 12.4. The Kier molecular flexibility index (Phi) is 55.6. The van der Waals surface area contributed by atoms with Crippen molar-refractivity contribution in [2.24, 2.45) is 0 Å². The molecule has 0 aliphatic heterocycles. The molecule has 0 radical (unpaired) electrons. The van der Waals surface area contributed by atoms with Crippen LogP contribution in [0.15, 0.2) is 48.6 Å². The molecule has 6 nitrogen and oxygen atoms in total. The zero-order valence-corrected chi connectivity index (χ0v) is 45.3. The summed E-state index contributed by atoms with van der Waals surface area (Å²) in [5.41, 5.74) is 0. The molecule has 0 aliphatic carbocycles. The van der Waals surface area contributed by atoms with Crippen LogP contribution < -0.4 is 5.32 Å². The Morgan fingerprint density at radius 3 is 1.15 bits per heavy atom. The monoisotopic (exact) mass is 954 g/mol.